The average Bonchev–Trinajstić information content (AvgIpc) is 4.17. The first-order valence-corrected chi connectivity index (χ1v) is 27.9. The highest BCUT2D eigenvalue weighted by molar-refractivity contribution is 8.07. The van der Waals surface area contributed by atoms with E-state index in [0.29, 0.717) is 17.6 Å². The molecule has 0 spiro atoms. The molecule has 14 unspecified atom stereocenters. The van der Waals surface area contributed by atoms with Crippen molar-refractivity contribution in [1.82, 2.24) is 58.6 Å². The van der Waals surface area contributed by atoms with Crippen molar-refractivity contribution in [3.8, 4) is 0 Å². The molecule has 6 aromatic heterocycles. The molecule has 0 saturated carbocycles. The number of nitrogen functional groups attached to an aromatic ring is 3. The Kier molecular flexibility index (Phi) is 14.0. The van der Waals surface area contributed by atoms with Gasteiger partial charge < -0.3 is 74.2 Å². The third-order valence-electron chi connectivity index (χ3n) is 11.6. The van der Waals surface area contributed by atoms with Crippen molar-refractivity contribution in [3.05, 3.63) is 38.0 Å². The van der Waals surface area contributed by atoms with Crippen LogP contribution in [-0.4, -0.2) is 168 Å². The molecule has 3 saturated heterocycles. The number of anilines is 3. The molecule has 9 rings (SSSR count). The highest BCUT2D eigenvalue weighted by Crippen LogP contribution is 2.54. The van der Waals surface area contributed by atoms with E-state index in [1.54, 1.807) is 4.57 Å². The number of methoxy groups -OCH3 is 1. The number of nitrogens with two attached hydrogens (primary N) is 3. The molecule has 0 bridgehead atoms. The van der Waals surface area contributed by atoms with E-state index in [0.717, 1.165) is 0 Å². The zero-order chi connectivity index (χ0) is 48.3. The minimum absolute atomic E-state index is 0.0646. The number of aliphatic hydroxyl groups excluding tert-OH is 2. The maximum absolute atomic E-state index is 12.8. The van der Waals surface area contributed by atoms with Gasteiger partial charge in [-0.15, -0.1) is 0 Å². The number of aliphatic hydroxyl groups is 2. The molecule has 3 aliphatic heterocycles. The molecule has 68 heavy (non-hydrogen) atoms. The van der Waals surface area contributed by atoms with E-state index in [-0.39, 0.29) is 52.4 Å². The standard InChI is InChI=1S/C34H46N15O14P3S2/c1-55-24-18(8-58-65(53,67)62-16-6-15(4-5-64(3,52)56-2)59-32(16)47-12-44-19-26(35)38-9-41-29(19)47)61-34(49-14-46-21-28(37)40-11-43-31(21)49)25(24)63-66(54,68)57-7-17-22(50)23(51)33(60-17)48-13-45-20-27(36)39-10-42-30(20)48/h9-18,22-25,32-34,50-51H,4-8H2,1-3H3,(H,53,67)(H,54,68)(H2,35,38,41)(H2,36,39,42)(H2,37,40,43). The number of hydrogen-bond acceptors (Lipinski definition) is 26. The van der Waals surface area contributed by atoms with Gasteiger partial charge in [0.05, 0.1) is 38.3 Å². The molecular formula is C34H46N15O14P3S2. The number of nitrogens with zero attached hydrogens (tertiary/aromatic N) is 12. The summed E-state index contributed by atoms with van der Waals surface area (Å²) in [5.74, 6) is 0.297. The summed E-state index contributed by atoms with van der Waals surface area (Å²) in [6.45, 7) is -8.03. The summed E-state index contributed by atoms with van der Waals surface area (Å²) in [7, 11) is -0.203. The fourth-order valence-electron chi connectivity index (χ4n) is 8.16. The maximum atomic E-state index is 12.8. The summed E-state index contributed by atoms with van der Waals surface area (Å²) in [6.07, 6.45) is -4.13. The Bertz CT molecular complexity index is 2960. The molecule has 3 fully saturated rings. The molecule has 0 aromatic carbocycles. The van der Waals surface area contributed by atoms with Crippen LogP contribution in [0, 0.1) is 0 Å². The molecule has 29 nitrogen and oxygen atoms in total. The third-order valence-corrected chi connectivity index (χ3v) is 16.6. The summed E-state index contributed by atoms with van der Waals surface area (Å²) in [4.78, 5) is 60.8. The summed E-state index contributed by atoms with van der Waals surface area (Å²) in [5, 5.41) is 22.0. The topological polar surface area (TPSA) is 390 Å². The van der Waals surface area contributed by atoms with Crippen molar-refractivity contribution in [1.29, 1.82) is 0 Å². The minimum Gasteiger partial charge on any atom is -0.387 e. The fraction of sp³-hybridized carbons (Fsp3) is 0.559. The Balaban J connectivity index is 0.922. The number of ether oxygens (including phenoxy) is 4. The van der Waals surface area contributed by atoms with E-state index >= 15 is 0 Å². The zero-order valence-electron chi connectivity index (χ0n) is 36.0. The second-order valence-electron chi connectivity index (χ2n) is 15.9. The van der Waals surface area contributed by atoms with Gasteiger partial charge in [0, 0.05) is 33.5 Å². The molecule has 14 atom stereocenters. The van der Waals surface area contributed by atoms with Crippen LogP contribution in [0.15, 0.2) is 38.0 Å². The van der Waals surface area contributed by atoms with Crippen LogP contribution in [0.3, 0.4) is 0 Å². The van der Waals surface area contributed by atoms with E-state index in [2.05, 4.69) is 44.9 Å². The lowest BCUT2D eigenvalue weighted by Gasteiger charge is -2.28. The predicted octanol–water partition coefficient (Wildman–Crippen LogP) is 0.253. The van der Waals surface area contributed by atoms with Crippen LogP contribution in [-0.2, 0) is 69.7 Å². The van der Waals surface area contributed by atoms with Gasteiger partial charge in [0.2, 0.25) is 0 Å². The lowest BCUT2D eigenvalue weighted by molar-refractivity contribution is -0.0583. The smallest absolute Gasteiger partial charge is 0.325 e. The van der Waals surface area contributed by atoms with Crippen molar-refractivity contribution < 1.29 is 66.1 Å². The second kappa shape index (κ2) is 19.3. The highest BCUT2D eigenvalue weighted by atomic mass is 32.5. The van der Waals surface area contributed by atoms with E-state index in [1.165, 1.54) is 68.0 Å². The molecule has 368 valence electrons. The largest absolute Gasteiger partial charge is 0.387 e. The number of aromatic nitrogens is 12. The van der Waals surface area contributed by atoms with Gasteiger partial charge in [-0.05, 0) is 30.0 Å². The minimum atomic E-state index is -4.34. The Morgan fingerprint density at radius 3 is 1.69 bits per heavy atom. The average molecular weight is 1050 g/mol. The van der Waals surface area contributed by atoms with E-state index < -0.39 is 102 Å². The quantitative estimate of drug-likeness (QED) is 0.0567. The fourth-order valence-corrected chi connectivity index (χ4v) is 12.0. The van der Waals surface area contributed by atoms with E-state index in [9.17, 15) is 24.6 Å². The van der Waals surface area contributed by atoms with Crippen LogP contribution in [0.1, 0.15) is 31.5 Å². The number of hydrogen-bond donors (Lipinski definition) is 7. The summed E-state index contributed by atoms with van der Waals surface area (Å²) in [6, 6.07) is 0. The van der Waals surface area contributed by atoms with Crippen molar-refractivity contribution in [2.24, 2.45) is 0 Å². The van der Waals surface area contributed by atoms with Crippen LogP contribution in [0.2, 0.25) is 0 Å². The maximum Gasteiger partial charge on any atom is 0.325 e. The summed E-state index contributed by atoms with van der Waals surface area (Å²) < 4.78 is 71.0. The van der Waals surface area contributed by atoms with Crippen LogP contribution >= 0.6 is 20.8 Å². The molecule has 0 radical (unpaired) electrons. The summed E-state index contributed by atoms with van der Waals surface area (Å²) in [5.41, 5.74) is 19.6. The third kappa shape index (κ3) is 9.75. The van der Waals surface area contributed by atoms with Crippen LogP contribution in [0.4, 0.5) is 17.5 Å². The second-order valence-corrected chi connectivity index (χ2v) is 24.3. The van der Waals surface area contributed by atoms with Crippen molar-refractivity contribution in [2.45, 2.75) is 80.4 Å². The Morgan fingerprint density at radius 1 is 0.676 bits per heavy atom. The van der Waals surface area contributed by atoms with Gasteiger partial charge in [0.1, 0.15) is 78.3 Å². The number of fused-ring (bicyclic) bond motifs is 3. The monoisotopic (exact) mass is 1050 g/mol. The molecule has 0 aliphatic carbocycles. The molecule has 6 aromatic rings. The zero-order valence-corrected chi connectivity index (χ0v) is 40.3. The molecule has 0 amide bonds. The molecule has 9 heterocycles. The Hall–Kier alpha value is -3.94. The molecule has 3 aliphatic rings. The van der Waals surface area contributed by atoms with Gasteiger partial charge in [0.25, 0.3) is 0 Å². The van der Waals surface area contributed by atoms with Gasteiger partial charge in [-0.25, -0.2) is 44.9 Å². The number of imidazole rings is 3. The van der Waals surface area contributed by atoms with Crippen LogP contribution in [0.25, 0.3) is 33.5 Å². The van der Waals surface area contributed by atoms with Crippen molar-refractivity contribution >= 4 is 95.4 Å². The summed E-state index contributed by atoms with van der Waals surface area (Å²) >= 11 is 11.0. The van der Waals surface area contributed by atoms with Crippen LogP contribution < -0.4 is 17.2 Å². The SMILES string of the molecule is COC1C(COP(O)(=S)OC2CC(CCP(C)(=O)OC)OC2n2cnc3c(N)ncnc32)OC(n2cnc3c(N)ncnc32)C1OP(O)(=S)OCC1OC(n2cnc3c(N)ncnc32)C(O)C1O. The van der Waals surface area contributed by atoms with Gasteiger partial charge in [-0.1, -0.05) is 0 Å². The van der Waals surface area contributed by atoms with E-state index in [4.69, 9.17) is 82.4 Å². The highest BCUT2D eigenvalue weighted by Gasteiger charge is 2.52. The Labute approximate surface area is 394 Å². The normalized spacial score (nSPS) is 30.3. The Morgan fingerprint density at radius 2 is 1.16 bits per heavy atom. The van der Waals surface area contributed by atoms with Crippen molar-refractivity contribution in [3.63, 3.8) is 0 Å². The van der Waals surface area contributed by atoms with Crippen molar-refractivity contribution in [2.75, 3.05) is 57.5 Å². The predicted molar refractivity (Wildman–Crippen MR) is 243 cm³/mol. The first kappa shape index (κ1) is 49.1. The lowest BCUT2D eigenvalue weighted by Crippen LogP contribution is -2.37. The molecule has 10 N–H and O–H groups in total. The van der Waals surface area contributed by atoms with Gasteiger partial charge in [-0.3, -0.25) is 22.8 Å². The number of rotatable bonds is 18. The van der Waals surface area contributed by atoms with Crippen LogP contribution in [0.5, 0.6) is 0 Å². The van der Waals surface area contributed by atoms with E-state index in [1.807, 2.05) is 0 Å². The molecule has 34 heteroatoms. The van der Waals surface area contributed by atoms with Gasteiger partial charge in [-0.2, -0.15) is 0 Å². The first-order chi connectivity index (χ1) is 32.4. The van der Waals surface area contributed by atoms with Gasteiger partial charge >= 0.3 is 13.4 Å². The lowest BCUT2D eigenvalue weighted by atomic mass is 10.1. The molecular weight excluding hydrogens is 1000 g/mol. The first-order valence-electron chi connectivity index (χ1n) is 20.5. The van der Waals surface area contributed by atoms with Gasteiger partial charge in [0.15, 0.2) is 60.4 Å².